The van der Waals surface area contributed by atoms with E-state index in [-0.39, 0.29) is 11.8 Å². The number of piperidine rings is 1. The summed E-state index contributed by atoms with van der Waals surface area (Å²) in [6.07, 6.45) is 3.29. The Hall–Kier alpha value is -2.97. The third-order valence-electron chi connectivity index (χ3n) is 5.44. The predicted molar refractivity (Wildman–Crippen MR) is 115 cm³/mol. The number of aromatic amines is 1. The van der Waals surface area contributed by atoms with Crippen molar-refractivity contribution < 1.29 is 9.90 Å². The Labute approximate surface area is 179 Å². The Balaban J connectivity index is 1.74. The predicted octanol–water partition coefficient (Wildman–Crippen LogP) is 2.93. The number of anilines is 1. The van der Waals surface area contributed by atoms with Gasteiger partial charge in [0.15, 0.2) is 0 Å². The maximum absolute atomic E-state index is 11.8. The number of likely N-dealkylation sites (tertiary alicyclic amines) is 1. The van der Waals surface area contributed by atoms with E-state index in [0.717, 1.165) is 41.1 Å². The highest BCUT2D eigenvalue weighted by Crippen LogP contribution is 2.39. The lowest BCUT2D eigenvalue weighted by Gasteiger charge is -2.31. The molecule has 3 aromatic rings. The number of hydrogen-bond acceptors (Lipinski definition) is 6. The molecule has 0 radical (unpaired) electrons. The molecule has 3 N–H and O–H groups in total. The van der Waals surface area contributed by atoms with E-state index in [9.17, 15) is 4.79 Å². The van der Waals surface area contributed by atoms with E-state index in [1.54, 1.807) is 18.1 Å². The molecule has 1 fully saturated rings. The van der Waals surface area contributed by atoms with Crippen LogP contribution in [0.25, 0.3) is 22.5 Å². The first-order valence-corrected chi connectivity index (χ1v) is 10.2. The second-order valence-electron chi connectivity index (χ2n) is 7.20. The Kier molecular flexibility index (Phi) is 5.96. The number of benzene rings is 1. The number of nitrogens with zero attached hydrogens (tertiary/aromatic N) is 4. The molecule has 0 spiro atoms. The number of nitrogens with one attached hydrogen (secondary N) is 2. The fourth-order valence-electron chi connectivity index (χ4n) is 3.86. The molecule has 0 saturated carbocycles. The standard InChI is InChI=1S/C21H23ClN6O2/c1-23-21-24-9-6-16(25-21)18-19(13-2-4-15(22)5-3-13)26-27-20(18)14-7-10-28(11-8-14)17(30)12-29/h2-6,9,14,29H,7-8,10-12H2,1H3,(H,26,27)(H,23,24,25). The van der Waals surface area contributed by atoms with Gasteiger partial charge in [0, 0.05) is 54.1 Å². The molecule has 1 aliphatic heterocycles. The summed E-state index contributed by atoms with van der Waals surface area (Å²) in [7, 11) is 1.78. The Bertz CT molecular complexity index is 1030. The van der Waals surface area contributed by atoms with Crippen molar-refractivity contribution in [2.45, 2.75) is 18.8 Å². The molecule has 0 unspecified atom stereocenters. The maximum atomic E-state index is 11.8. The molecular formula is C21H23ClN6O2. The number of aromatic nitrogens is 4. The smallest absolute Gasteiger partial charge is 0.248 e. The first kappa shape index (κ1) is 20.3. The molecular weight excluding hydrogens is 404 g/mol. The molecule has 30 heavy (non-hydrogen) atoms. The second kappa shape index (κ2) is 8.81. The zero-order valence-corrected chi connectivity index (χ0v) is 17.4. The third kappa shape index (κ3) is 4.01. The van der Waals surface area contributed by atoms with Gasteiger partial charge in [0.25, 0.3) is 0 Å². The monoisotopic (exact) mass is 426 g/mol. The van der Waals surface area contributed by atoms with Crippen LogP contribution in [0.4, 0.5) is 5.95 Å². The van der Waals surface area contributed by atoms with Gasteiger partial charge >= 0.3 is 0 Å². The molecule has 1 saturated heterocycles. The second-order valence-corrected chi connectivity index (χ2v) is 7.63. The van der Waals surface area contributed by atoms with E-state index in [1.807, 2.05) is 30.3 Å². The van der Waals surface area contributed by atoms with E-state index in [1.165, 1.54) is 0 Å². The normalized spacial score (nSPS) is 14.7. The van der Waals surface area contributed by atoms with E-state index >= 15 is 0 Å². The lowest BCUT2D eigenvalue weighted by Crippen LogP contribution is -2.39. The molecule has 9 heteroatoms. The van der Waals surface area contributed by atoms with E-state index < -0.39 is 6.61 Å². The van der Waals surface area contributed by atoms with Crippen molar-refractivity contribution in [3.05, 3.63) is 47.2 Å². The molecule has 156 valence electrons. The summed E-state index contributed by atoms with van der Waals surface area (Å²) in [6.45, 7) is 0.753. The molecule has 0 bridgehead atoms. The van der Waals surface area contributed by atoms with Gasteiger partial charge in [-0.2, -0.15) is 5.10 Å². The highest BCUT2D eigenvalue weighted by atomic mass is 35.5. The number of aliphatic hydroxyl groups excluding tert-OH is 1. The van der Waals surface area contributed by atoms with Gasteiger partial charge in [-0.1, -0.05) is 23.7 Å². The highest BCUT2D eigenvalue weighted by molar-refractivity contribution is 6.30. The van der Waals surface area contributed by atoms with Crippen molar-refractivity contribution in [3.8, 4) is 22.5 Å². The summed E-state index contributed by atoms with van der Waals surface area (Å²) in [5.74, 6) is 0.504. The quantitative estimate of drug-likeness (QED) is 0.579. The van der Waals surface area contributed by atoms with Crippen LogP contribution < -0.4 is 5.32 Å². The first-order chi connectivity index (χ1) is 14.6. The molecule has 1 aromatic carbocycles. The summed E-state index contributed by atoms with van der Waals surface area (Å²) in [6, 6.07) is 9.43. The van der Waals surface area contributed by atoms with Gasteiger partial charge in [0.1, 0.15) is 12.3 Å². The summed E-state index contributed by atoms with van der Waals surface area (Å²) >= 11 is 6.07. The number of rotatable bonds is 5. The van der Waals surface area contributed by atoms with Gasteiger partial charge in [0.05, 0.1) is 5.69 Å². The molecule has 3 heterocycles. The largest absolute Gasteiger partial charge is 0.387 e. The molecule has 4 rings (SSSR count). The Morgan fingerprint density at radius 3 is 2.67 bits per heavy atom. The van der Waals surface area contributed by atoms with Crippen LogP contribution in [0.2, 0.25) is 5.02 Å². The number of amides is 1. The van der Waals surface area contributed by atoms with Crippen LogP contribution in [0.15, 0.2) is 36.5 Å². The van der Waals surface area contributed by atoms with Crippen molar-refractivity contribution in [2.75, 3.05) is 32.1 Å². The minimum Gasteiger partial charge on any atom is -0.387 e. The zero-order valence-electron chi connectivity index (χ0n) is 16.6. The van der Waals surface area contributed by atoms with Crippen LogP contribution in [-0.4, -0.2) is 62.8 Å². The summed E-state index contributed by atoms with van der Waals surface area (Å²) in [5, 5.41) is 20.6. The fraction of sp³-hybridized carbons (Fsp3) is 0.333. The topological polar surface area (TPSA) is 107 Å². The van der Waals surface area contributed by atoms with E-state index in [4.69, 9.17) is 16.7 Å². The number of carbonyl (C=O) groups excluding carboxylic acids is 1. The Morgan fingerprint density at radius 2 is 2.00 bits per heavy atom. The van der Waals surface area contributed by atoms with Gasteiger partial charge in [-0.3, -0.25) is 9.89 Å². The number of hydrogen-bond donors (Lipinski definition) is 3. The van der Waals surface area contributed by atoms with Crippen molar-refractivity contribution >= 4 is 23.5 Å². The number of halogens is 1. The van der Waals surface area contributed by atoms with Crippen molar-refractivity contribution in [1.82, 2.24) is 25.1 Å². The summed E-state index contributed by atoms with van der Waals surface area (Å²) in [4.78, 5) is 22.4. The minimum atomic E-state index is -0.450. The average molecular weight is 427 g/mol. The molecule has 8 nitrogen and oxygen atoms in total. The molecule has 1 aliphatic rings. The average Bonchev–Trinajstić information content (AvgIpc) is 3.24. The Morgan fingerprint density at radius 1 is 1.27 bits per heavy atom. The molecule has 1 amide bonds. The lowest BCUT2D eigenvalue weighted by molar-refractivity contribution is -0.135. The van der Waals surface area contributed by atoms with Crippen LogP contribution >= 0.6 is 11.6 Å². The van der Waals surface area contributed by atoms with Gasteiger partial charge < -0.3 is 15.3 Å². The number of carbonyl (C=O) groups is 1. The van der Waals surface area contributed by atoms with Crippen LogP contribution in [0, 0.1) is 0 Å². The van der Waals surface area contributed by atoms with Gasteiger partial charge in [-0.05, 0) is 31.0 Å². The van der Waals surface area contributed by atoms with Gasteiger partial charge in [0.2, 0.25) is 11.9 Å². The maximum Gasteiger partial charge on any atom is 0.248 e. The minimum absolute atomic E-state index is 0.198. The van der Waals surface area contributed by atoms with Crippen molar-refractivity contribution in [3.63, 3.8) is 0 Å². The molecule has 0 atom stereocenters. The summed E-state index contributed by atoms with van der Waals surface area (Å²) in [5.41, 5.74) is 4.45. The third-order valence-corrected chi connectivity index (χ3v) is 5.69. The van der Waals surface area contributed by atoms with Crippen molar-refractivity contribution in [2.24, 2.45) is 0 Å². The van der Waals surface area contributed by atoms with Crippen LogP contribution in [0.5, 0.6) is 0 Å². The van der Waals surface area contributed by atoms with Crippen LogP contribution in [0.3, 0.4) is 0 Å². The van der Waals surface area contributed by atoms with Gasteiger partial charge in [-0.25, -0.2) is 9.97 Å². The lowest BCUT2D eigenvalue weighted by atomic mass is 9.89. The van der Waals surface area contributed by atoms with Crippen molar-refractivity contribution in [1.29, 1.82) is 0 Å². The molecule has 0 aliphatic carbocycles. The number of aliphatic hydroxyl groups is 1. The highest BCUT2D eigenvalue weighted by Gasteiger charge is 2.29. The summed E-state index contributed by atoms with van der Waals surface area (Å²) < 4.78 is 0. The SMILES string of the molecule is CNc1nccc(-c2c(-c3ccc(Cl)cc3)n[nH]c2C2CCN(C(=O)CO)CC2)n1. The first-order valence-electron chi connectivity index (χ1n) is 9.84. The van der Waals surface area contributed by atoms with Gasteiger partial charge in [-0.15, -0.1) is 0 Å². The van der Waals surface area contributed by atoms with Crippen LogP contribution in [-0.2, 0) is 4.79 Å². The van der Waals surface area contributed by atoms with E-state index in [2.05, 4.69) is 25.5 Å². The zero-order chi connectivity index (χ0) is 21.1. The number of H-pyrrole nitrogens is 1. The van der Waals surface area contributed by atoms with E-state index in [0.29, 0.717) is 24.1 Å². The van der Waals surface area contributed by atoms with Crippen LogP contribution in [0.1, 0.15) is 24.5 Å². The fourth-order valence-corrected chi connectivity index (χ4v) is 3.99. The molecule has 2 aromatic heterocycles.